The van der Waals surface area contributed by atoms with Gasteiger partial charge >= 0.3 is 0 Å². The third-order valence-electron chi connectivity index (χ3n) is 3.26. The predicted octanol–water partition coefficient (Wildman–Crippen LogP) is 2.28. The van der Waals surface area contributed by atoms with Gasteiger partial charge in [0.1, 0.15) is 0 Å². The summed E-state index contributed by atoms with van der Waals surface area (Å²) in [6.07, 6.45) is 1.14. The van der Waals surface area contributed by atoms with E-state index < -0.39 is 5.60 Å². The molecule has 1 aromatic rings. The SMILES string of the molecule is CC1Cc2ccccc2C1NCC(C)(C)O. The fourth-order valence-electron chi connectivity index (χ4n) is 2.47. The largest absolute Gasteiger partial charge is 0.389 e. The maximum absolute atomic E-state index is 9.75. The van der Waals surface area contributed by atoms with Gasteiger partial charge < -0.3 is 10.4 Å². The molecule has 0 heterocycles. The molecule has 0 saturated carbocycles. The van der Waals surface area contributed by atoms with Crippen LogP contribution in [0.5, 0.6) is 0 Å². The second-order valence-electron chi connectivity index (χ2n) is 5.55. The average molecular weight is 219 g/mol. The third-order valence-corrected chi connectivity index (χ3v) is 3.26. The molecule has 2 unspecified atom stereocenters. The minimum absolute atomic E-state index is 0.391. The van der Waals surface area contributed by atoms with Crippen LogP contribution >= 0.6 is 0 Å². The summed E-state index contributed by atoms with van der Waals surface area (Å²) in [5.74, 6) is 0.611. The Morgan fingerprint density at radius 3 is 2.75 bits per heavy atom. The molecule has 1 aliphatic carbocycles. The van der Waals surface area contributed by atoms with Crippen molar-refractivity contribution in [3.8, 4) is 0 Å². The molecule has 2 heteroatoms. The summed E-state index contributed by atoms with van der Waals surface area (Å²) in [6, 6.07) is 8.99. The van der Waals surface area contributed by atoms with Gasteiger partial charge in [0.25, 0.3) is 0 Å². The summed E-state index contributed by atoms with van der Waals surface area (Å²) >= 11 is 0. The lowest BCUT2D eigenvalue weighted by Crippen LogP contribution is -2.37. The van der Waals surface area contributed by atoms with E-state index in [9.17, 15) is 5.11 Å². The number of hydrogen-bond acceptors (Lipinski definition) is 2. The van der Waals surface area contributed by atoms with Crippen LogP contribution in [0.2, 0.25) is 0 Å². The summed E-state index contributed by atoms with van der Waals surface area (Å²) in [5.41, 5.74) is 2.21. The van der Waals surface area contributed by atoms with Crippen LogP contribution in [0.3, 0.4) is 0 Å². The van der Waals surface area contributed by atoms with E-state index in [-0.39, 0.29) is 0 Å². The molecule has 2 atom stereocenters. The van der Waals surface area contributed by atoms with Crippen LogP contribution < -0.4 is 5.32 Å². The maximum atomic E-state index is 9.75. The van der Waals surface area contributed by atoms with E-state index in [4.69, 9.17) is 0 Å². The molecule has 2 rings (SSSR count). The third kappa shape index (κ3) is 2.45. The van der Waals surface area contributed by atoms with E-state index in [0.717, 1.165) is 6.42 Å². The predicted molar refractivity (Wildman–Crippen MR) is 66.4 cm³/mol. The van der Waals surface area contributed by atoms with E-state index in [1.54, 1.807) is 0 Å². The lowest BCUT2D eigenvalue weighted by molar-refractivity contribution is 0.0745. The Labute approximate surface area is 97.7 Å². The summed E-state index contributed by atoms with van der Waals surface area (Å²) in [6.45, 7) is 6.58. The van der Waals surface area contributed by atoms with Crippen LogP contribution in [0.4, 0.5) is 0 Å². The zero-order chi connectivity index (χ0) is 11.8. The van der Waals surface area contributed by atoms with Gasteiger partial charge in [-0.05, 0) is 37.3 Å². The lowest BCUT2D eigenvalue weighted by Gasteiger charge is -2.24. The number of rotatable bonds is 3. The van der Waals surface area contributed by atoms with Gasteiger partial charge in [0, 0.05) is 12.6 Å². The van der Waals surface area contributed by atoms with E-state index in [0.29, 0.717) is 18.5 Å². The van der Waals surface area contributed by atoms with Gasteiger partial charge in [0.15, 0.2) is 0 Å². The van der Waals surface area contributed by atoms with Crippen molar-refractivity contribution in [1.82, 2.24) is 5.32 Å². The number of aliphatic hydroxyl groups is 1. The van der Waals surface area contributed by atoms with Gasteiger partial charge in [0.05, 0.1) is 5.60 Å². The van der Waals surface area contributed by atoms with E-state index >= 15 is 0 Å². The van der Waals surface area contributed by atoms with Gasteiger partial charge in [-0.2, -0.15) is 0 Å². The van der Waals surface area contributed by atoms with Crippen molar-refractivity contribution in [3.63, 3.8) is 0 Å². The second kappa shape index (κ2) is 4.19. The number of benzene rings is 1. The minimum atomic E-state index is -0.642. The van der Waals surface area contributed by atoms with E-state index in [1.165, 1.54) is 11.1 Å². The van der Waals surface area contributed by atoms with Crippen LogP contribution in [-0.2, 0) is 6.42 Å². The highest BCUT2D eigenvalue weighted by Crippen LogP contribution is 2.35. The van der Waals surface area contributed by atoms with Gasteiger partial charge in [-0.15, -0.1) is 0 Å². The molecule has 0 aromatic heterocycles. The van der Waals surface area contributed by atoms with Crippen molar-refractivity contribution in [2.24, 2.45) is 5.92 Å². The van der Waals surface area contributed by atoms with Crippen LogP contribution in [0.15, 0.2) is 24.3 Å². The summed E-state index contributed by atoms with van der Waals surface area (Å²) < 4.78 is 0. The quantitative estimate of drug-likeness (QED) is 0.817. The topological polar surface area (TPSA) is 32.3 Å². The van der Waals surface area contributed by atoms with Crippen molar-refractivity contribution < 1.29 is 5.11 Å². The van der Waals surface area contributed by atoms with E-state index in [2.05, 4.69) is 36.5 Å². The fourth-order valence-corrected chi connectivity index (χ4v) is 2.47. The average Bonchev–Trinajstić information content (AvgIpc) is 2.49. The highest BCUT2D eigenvalue weighted by molar-refractivity contribution is 5.35. The fraction of sp³-hybridized carbons (Fsp3) is 0.571. The van der Waals surface area contributed by atoms with Crippen molar-refractivity contribution >= 4 is 0 Å². The normalized spacial score (nSPS) is 24.5. The first-order valence-corrected chi connectivity index (χ1v) is 6.01. The first-order valence-electron chi connectivity index (χ1n) is 6.01. The number of fused-ring (bicyclic) bond motifs is 1. The molecule has 0 saturated heterocycles. The highest BCUT2D eigenvalue weighted by atomic mass is 16.3. The zero-order valence-electron chi connectivity index (χ0n) is 10.3. The van der Waals surface area contributed by atoms with Crippen LogP contribution in [-0.4, -0.2) is 17.3 Å². The van der Waals surface area contributed by atoms with Gasteiger partial charge in [-0.1, -0.05) is 31.2 Å². The van der Waals surface area contributed by atoms with Gasteiger partial charge in [0.2, 0.25) is 0 Å². The van der Waals surface area contributed by atoms with Gasteiger partial charge in [-0.3, -0.25) is 0 Å². The zero-order valence-corrected chi connectivity index (χ0v) is 10.3. The lowest BCUT2D eigenvalue weighted by atomic mass is 10.0. The molecule has 0 aliphatic heterocycles. The Kier molecular flexibility index (Phi) is 3.04. The molecule has 0 radical (unpaired) electrons. The molecule has 88 valence electrons. The Morgan fingerprint density at radius 2 is 2.06 bits per heavy atom. The second-order valence-corrected chi connectivity index (χ2v) is 5.55. The van der Waals surface area contributed by atoms with Crippen molar-refractivity contribution in [2.45, 2.75) is 38.8 Å². The van der Waals surface area contributed by atoms with Crippen molar-refractivity contribution in [3.05, 3.63) is 35.4 Å². The van der Waals surface area contributed by atoms with Crippen LogP contribution in [0.1, 0.15) is 37.9 Å². The molecule has 0 bridgehead atoms. The summed E-state index contributed by atoms with van der Waals surface area (Å²) in [5, 5.41) is 13.2. The van der Waals surface area contributed by atoms with Crippen LogP contribution in [0, 0.1) is 5.92 Å². The van der Waals surface area contributed by atoms with E-state index in [1.807, 2.05) is 13.8 Å². The number of nitrogens with one attached hydrogen (secondary N) is 1. The molecule has 0 amide bonds. The summed E-state index contributed by atoms with van der Waals surface area (Å²) in [7, 11) is 0. The van der Waals surface area contributed by atoms with Crippen LogP contribution in [0.25, 0.3) is 0 Å². The number of hydrogen-bond donors (Lipinski definition) is 2. The molecular weight excluding hydrogens is 198 g/mol. The Hall–Kier alpha value is -0.860. The molecule has 16 heavy (non-hydrogen) atoms. The molecule has 2 N–H and O–H groups in total. The molecular formula is C14H21NO. The Bertz CT molecular complexity index is 367. The molecule has 0 spiro atoms. The Balaban J connectivity index is 2.10. The first kappa shape index (κ1) is 11.6. The maximum Gasteiger partial charge on any atom is 0.0715 e. The van der Waals surface area contributed by atoms with Gasteiger partial charge in [-0.25, -0.2) is 0 Å². The Morgan fingerprint density at radius 1 is 1.38 bits per heavy atom. The molecule has 1 aliphatic rings. The molecule has 0 fully saturated rings. The van der Waals surface area contributed by atoms with Crippen molar-refractivity contribution in [1.29, 1.82) is 0 Å². The first-order chi connectivity index (χ1) is 7.47. The van der Waals surface area contributed by atoms with Crippen molar-refractivity contribution in [2.75, 3.05) is 6.54 Å². The smallest absolute Gasteiger partial charge is 0.0715 e. The highest BCUT2D eigenvalue weighted by Gasteiger charge is 2.29. The monoisotopic (exact) mass is 219 g/mol. The standard InChI is InChI=1S/C14H21NO/c1-10-8-11-6-4-5-7-12(11)13(10)15-9-14(2,3)16/h4-7,10,13,15-16H,8-9H2,1-3H3. The summed E-state index contributed by atoms with van der Waals surface area (Å²) in [4.78, 5) is 0. The minimum Gasteiger partial charge on any atom is -0.389 e. The molecule has 1 aromatic carbocycles. The molecule has 2 nitrogen and oxygen atoms in total.